The molecule has 0 aromatic heterocycles. The molecule has 0 amide bonds. The number of nitrogens with zero attached hydrogens (tertiary/aromatic N) is 1. The van der Waals surface area contributed by atoms with E-state index in [-0.39, 0.29) is 19.6 Å². The van der Waals surface area contributed by atoms with Crippen molar-refractivity contribution in [2.75, 3.05) is 19.7 Å². The highest BCUT2D eigenvalue weighted by molar-refractivity contribution is 7.64. The molecule has 0 spiro atoms. The molecule has 0 bridgehead atoms. The Morgan fingerprint density at radius 1 is 1.22 bits per heavy atom. The number of carboxylic acids is 1. The van der Waals surface area contributed by atoms with Crippen LogP contribution in [-0.4, -0.2) is 41.5 Å². The number of hydrogen-bond acceptors (Lipinski definition) is 6. The van der Waals surface area contributed by atoms with E-state index in [9.17, 15) is 19.6 Å². The number of carbonyl (C=O) groups excluding carboxylic acids is 1. The Bertz CT molecular complexity index is 842. The van der Waals surface area contributed by atoms with E-state index in [2.05, 4.69) is 0 Å². The molecular weight excluding hydrogens is 393 g/mol. The molecule has 0 radical (unpaired) electrons. The molecule has 1 fully saturated rings. The first-order valence-electron chi connectivity index (χ1n) is 8.29. The van der Waals surface area contributed by atoms with E-state index in [1.54, 1.807) is 48.5 Å². The summed E-state index contributed by atoms with van der Waals surface area (Å²) in [6.45, 7) is -0.614. The monoisotopic (exact) mass is 410 g/mol. The van der Waals surface area contributed by atoms with Gasteiger partial charge in [0.2, 0.25) is 0 Å². The molecule has 2 aromatic carbocycles. The van der Waals surface area contributed by atoms with Gasteiger partial charge in [-0.25, -0.2) is 4.67 Å². The van der Waals surface area contributed by atoms with Crippen molar-refractivity contribution in [3.8, 4) is 11.5 Å². The smallest absolute Gasteiger partial charge is 0.302 e. The number of ether oxygens (including phenoxy) is 1. The molecule has 0 saturated carbocycles. The SMILES string of the molecule is O=C([O-])CN1CC(O)CCOP1(=O)c1ccc(Oc2ccc(Cl)cc2)cc1. The van der Waals surface area contributed by atoms with Crippen LogP contribution in [0.1, 0.15) is 6.42 Å². The fourth-order valence-corrected chi connectivity index (χ4v) is 5.07. The van der Waals surface area contributed by atoms with Crippen molar-refractivity contribution in [1.29, 1.82) is 0 Å². The summed E-state index contributed by atoms with van der Waals surface area (Å²) in [5.41, 5.74) is 0. The lowest BCUT2D eigenvalue weighted by molar-refractivity contribution is -0.305. The predicted octanol–water partition coefficient (Wildman–Crippen LogP) is 1.78. The van der Waals surface area contributed by atoms with Gasteiger partial charge in [-0.15, -0.1) is 0 Å². The van der Waals surface area contributed by atoms with Crippen molar-refractivity contribution in [2.45, 2.75) is 12.5 Å². The van der Waals surface area contributed by atoms with E-state index in [1.165, 1.54) is 0 Å². The first kappa shape index (κ1) is 19.9. The summed E-state index contributed by atoms with van der Waals surface area (Å²) in [4.78, 5) is 11.0. The fraction of sp³-hybridized carbons (Fsp3) is 0.278. The van der Waals surface area contributed by atoms with Gasteiger partial charge in [-0.05, 0) is 55.0 Å². The first-order chi connectivity index (χ1) is 12.9. The minimum absolute atomic E-state index is 0.0605. The normalized spacial score (nSPS) is 23.6. The molecule has 3 rings (SSSR count). The molecule has 2 aromatic rings. The quantitative estimate of drug-likeness (QED) is 0.750. The number of aliphatic carboxylic acids is 1. The lowest BCUT2D eigenvalue weighted by atomic mass is 10.2. The van der Waals surface area contributed by atoms with Gasteiger partial charge in [0.1, 0.15) is 11.5 Å². The predicted molar refractivity (Wildman–Crippen MR) is 98.4 cm³/mol. The van der Waals surface area contributed by atoms with Crippen molar-refractivity contribution in [3.63, 3.8) is 0 Å². The third-order valence-corrected chi connectivity index (χ3v) is 6.82. The van der Waals surface area contributed by atoms with Crippen LogP contribution in [-0.2, 0) is 13.9 Å². The maximum absolute atomic E-state index is 13.4. The fourth-order valence-electron chi connectivity index (χ4n) is 2.72. The molecule has 1 N–H and O–H groups in total. The zero-order valence-electron chi connectivity index (χ0n) is 14.3. The van der Waals surface area contributed by atoms with Crippen molar-refractivity contribution < 1.29 is 28.8 Å². The van der Waals surface area contributed by atoms with Gasteiger partial charge in [-0.2, -0.15) is 0 Å². The van der Waals surface area contributed by atoms with E-state index >= 15 is 0 Å². The summed E-state index contributed by atoms with van der Waals surface area (Å²) in [5, 5.41) is 21.9. The van der Waals surface area contributed by atoms with Crippen molar-refractivity contribution in [2.24, 2.45) is 0 Å². The zero-order chi connectivity index (χ0) is 19.4. The van der Waals surface area contributed by atoms with Gasteiger partial charge in [-0.1, -0.05) is 11.6 Å². The molecule has 1 aliphatic heterocycles. The summed E-state index contributed by atoms with van der Waals surface area (Å²) in [7, 11) is -3.64. The van der Waals surface area contributed by atoms with Gasteiger partial charge >= 0.3 is 7.52 Å². The number of hydrogen-bond donors (Lipinski definition) is 1. The Kier molecular flexibility index (Phi) is 6.19. The second kappa shape index (κ2) is 8.42. The van der Waals surface area contributed by atoms with Crippen LogP contribution in [0.3, 0.4) is 0 Å². The van der Waals surface area contributed by atoms with Gasteiger partial charge in [0.15, 0.2) is 0 Å². The van der Waals surface area contributed by atoms with E-state index < -0.39 is 26.1 Å². The van der Waals surface area contributed by atoms with Crippen LogP contribution in [0.25, 0.3) is 0 Å². The second-order valence-corrected chi connectivity index (χ2v) is 8.88. The number of β-amino-alcohol motifs (C(OH)–C–C–N with tert-alkyl or cyclic N) is 1. The van der Waals surface area contributed by atoms with Crippen LogP contribution in [0.15, 0.2) is 48.5 Å². The van der Waals surface area contributed by atoms with E-state index in [1.807, 2.05) is 0 Å². The molecule has 1 aliphatic rings. The van der Waals surface area contributed by atoms with Crippen molar-refractivity contribution in [1.82, 2.24) is 4.67 Å². The summed E-state index contributed by atoms with van der Waals surface area (Å²) < 4.78 is 25.8. The molecule has 1 saturated heterocycles. The van der Waals surface area contributed by atoms with Gasteiger partial charge in [0, 0.05) is 18.1 Å². The highest BCUT2D eigenvalue weighted by Crippen LogP contribution is 2.51. The number of halogens is 1. The molecule has 1 heterocycles. The maximum Gasteiger partial charge on any atom is 0.302 e. The Labute approximate surface area is 161 Å². The van der Waals surface area contributed by atoms with Crippen LogP contribution in [0.2, 0.25) is 5.02 Å². The van der Waals surface area contributed by atoms with Crippen LogP contribution in [0.4, 0.5) is 0 Å². The summed E-state index contributed by atoms with van der Waals surface area (Å²) in [5.74, 6) is -0.296. The molecule has 27 heavy (non-hydrogen) atoms. The van der Waals surface area contributed by atoms with E-state index in [0.717, 1.165) is 4.67 Å². The second-order valence-electron chi connectivity index (χ2n) is 6.07. The maximum atomic E-state index is 13.4. The Morgan fingerprint density at radius 2 is 1.81 bits per heavy atom. The molecule has 0 aliphatic carbocycles. The Morgan fingerprint density at radius 3 is 2.41 bits per heavy atom. The molecule has 2 unspecified atom stereocenters. The number of benzene rings is 2. The molecule has 2 atom stereocenters. The van der Waals surface area contributed by atoms with Crippen LogP contribution in [0.5, 0.6) is 11.5 Å². The molecule has 7 nitrogen and oxygen atoms in total. The van der Waals surface area contributed by atoms with E-state index in [4.69, 9.17) is 20.9 Å². The standard InChI is InChI=1S/C18H19ClNO6P/c19-13-1-3-15(4-2-13)26-16-5-7-17(8-6-16)27(24)20(12-18(22)23)11-14(21)9-10-25-27/h1-8,14,21H,9-12H2,(H,22,23)/p-1. The topological polar surface area (TPSA) is 99.1 Å². The molecule has 9 heteroatoms. The van der Waals surface area contributed by atoms with Gasteiger partial charge < -0.3 is 24.3 Å². The number of rotatable bonds is 5. The Hall–Kier alpha value is -1.89. The van der Waals surface area contributed by atoms with Gasteiger partial charge in [0.05, 0.1) is 24.0 Å². The number of aliphatic hydroxyl groups is 1. The van der Waals surface area contributed by atoms with Crippen LogP contribution >= 0.6 is 19.1 Å². The Balaban J connectivity index is 1.83. The first-order valence-corrected chi connectivity index (χ1v) is 10.2. The molecular formula is C18H18ClNO6P-. The van der Waals surface area contributed by atoms with Gasteiger partial charge in [-0.3, -0.25) is 4.57 Å². The summed E-state index contributed by atoms with van der Waals surface area (Å²) >= 11 is 5.84. The van der Waals surface area contributed by atoms with Crippen LogP contribution in [0, 0.1) is 0 Å². The largest absolute Gasteiger partial charge is 0.549 e. The molecule has 144 valence electrons. The third-order valence-electron chi connectivity index (χ3n) is 4.04. The minimum Gasteiger partial charge on any atom is -0.549 e. The number of aliphatic hydroxyl groups excluding tert-OH is 1. The van der Waals surface area contributed by atoms with Crippen molar-refractivity contribution in [3.05, 3.63) is 53.6 Å². The lowest BCUT2D eigenvalue weighted by Gasteiger charge is -2.30. The zero-order valence-corrected chi connectivity index (χ0v) is 15.9. The highest BCUT2D eigenvalue weighted by atomic mass is 35.5. The van der Waals surface area contributed by atoms with Crippen molar-refractivity contribution >= 4 is 30.4 Å². The summed E-state index contributed by atoms with van der Waals surface area (Å²) in [6.07, 6.45) is -0.557. The number of carbonyl (C=O) groups is 1. The minimum atomic E-state index is -3.64. The van der Waals surface area contributed by atoms with Gasteiger partial charge in [0.25, 0.3) is 0 Å². The average molecular weight is 411 g/mol. The van der Waals surface area contributed by atoms with Crippen LogP contribution < -0.4 is 15.1 Å². The highest BCUT2D eigenvalue weighted by Gasteiger charge is 2.37. The average Bonchev–Trinajstić information content (AvgIpc) is 2.76. The number of carboxylic acid groups (broad SMARTS) is 1. The lowest BCUT2D eigenvalue weighted by Crippen LogP contribution is -2.40. The summed E-state index contributed by atoms with van der Waals surface area (Å²) in [6, 6.07) is 13.2. The van der Waals surface area contributed by atoms with E-state index in [0.29, 0.717) is 21.8 Å². The third kappa shape index (κ3) is 4.89.